The molecule has 124 valence electrons. The van der Waals surface area contributed by atoms with Crippen molar-refractivity contribution in [2.75, 3.05) is 25.5 Å². The minimum absolute atomic E-state index is 0.144. The number of urea groups is 1. The van der Waals surface area contributed by atoms with Crippen LogP contribution >= 0.6 is 0 Å². The molecule has 5 heteroatoms. The van der Waals surface area contributed by atoms with Crippen molar-refractivity contribution in [3.05, 3.63) is 66.0 Å². The van der Waals surface area contributed by atoms with Crippen molar-refractivity contribution in [3.8, 4) is 11.8 Å². The number of rotatable bonds is 5. The van der Waals surface area contributed by atoms with Crippen LogP contribution in [0.15, 0.2) is 54.6 Å². The van der Waals surface area contributed by atoms with Gasteiger partial charge >= 0.3 is 6.03 Å². The maximum Gasteiger partial charge on any atom is 0.320 e. The Morgan fingerprint density at radius 1 is 1.08 bits per heavy atom. The van der Waals surface area contributed by atoms with E-state index in [2.05, 4.69) is 39.5 Å². The van der Waals surface area contributed by atoms with Crippen LogP contribution in [0.3, 0.4) is 0 Å². The second-order valence-electron chi connectivity index (χ2n) is 5.30. The number of nitrogens with one attached hydrogen (secondary N) is 2. The van der Waals surface area contributed by atoms with Gasteiger partial charge in [0.25, 0.3) is 0 Å². The second-order valence-corrected chi connectivity index (χ2v) is 5.30. The van der Waals surface area contributed by atoms with Crippen molar-refractivity contribution in [1.29, 1.82) is 0 Å². The van der Waals surface area contributed by atoms with E-state index in [1.807, 2.05) is 25.2 Å². The van der Waals surface area contributed by atoms with Crippen molar-refractivity contribution in [3.63, 3.8) is 0 Å². The van der Waals surface area contributed by atoms with Crippen molar-refractivity contribution < 1.29 is 9.18 Å². The molecule has 0 atom stereocenters. The van der Waals surface area contributed by atoms with Gasteiger partial charge in [0.1, 0.15) is 5.82 Å². The molecular formula is C19H20FN3O. The Morgan fingerprint density at radius 2 is 1.79 bits per heavy atom. The summed E-state index contributed by atoms with van der Waals surface area (Å²) in [7, 11) is 1.99. The summed E-state index contributed by atoms with van der Waals surface area (Å²) in [5.74, 6) is 5.40. The highest BCUT2D eigenvalue weighted by atomic mass is 19.1. The lowest BCUT2D eigenvalue weighted by molar-refractivity contribution is 0.253. The number of hydrogen-bond donors (Lipinski definition) is 2. The van der Waals surface area contributed by atoms with E-state index in [9.17, 15) is 9.18 Å². The van der Waals surface area contributed by atoms with Crippen molar-refractivity contribution in [2.45, 2.75) is 6.54 Å². The van der Waals surface area contributed by atoms with E-state index in [-0.39, 0.29) is 12.2 Å². The predicted octanol–water partition coefficient (Wildman–Crippen LogP) is 3.08. The van der Waals surface area contributed by atoms with Gasteiger partial charge in [-0.05, 0) is 24.7 Å². The van der Waals surface area contributed by atoms with Crippen molar-refractivity contribution in [1.82, 2.24) is 10.2 Å². The molecule has 2 aromatic carbocycles. The highest BCUT2D eigenvalue weighted by Crippen LogP contribution is 2.11. The van der Waals surface area contributed by atoms with Gasteiger partial charge in [-0.2, -0.15) is 0 Å². The van der Waals surface area contributed by atoms with Gasteiger partial charge in [0, 0.05) is 6.54 Å². The van der Waals surface area contributed by atoms with Gasteiger partial charge in [-0.15, -0.1) is 0 Å². The molecule has 4 nitrogen and oxygen atoms in total. The summed E-state index contributed by atoms with van der Waals surface area (Å²) >= 11 is 0. The normalized spacial score (nSPS) is 9.96. The molecule has 0 aromatic heterocycles. The van der Waals surface area contributed by atoms with E-state index in [0.717, 1.165) is 6.54 Å². The Kier molecular flexibility index (Phi) is 6.81. The molecule has 24 heavy (non-hydrogen) atoms. The Hall–Kier alpha value is -2.84. The lowest BCUT2D eigenvalue weighted by Gasteiger charge is -2.12. The van der Waals surface area contributed by atoms with Gasteiger partial charge in [0.05, 0.1) is 18.8 Å². The molecule has 0 spiro atoms. The largest absolute Gasteiger partial charge is 0.327 e. The van der Waals surface area contributed by atoms with E-state index >= 15 is 0 Å². The third kappa shape index (κ3) is 6.11. The lowest BCUT2D eigenvalue weighted by atomic mass is 10.2. The minimum Gasteiger partial charge on any atom is -0.327 e. The van der Waals surface area contributed by atoms with Gasteiger partial charge in [-0.25, -0.2) is 9.18 Å². The summed E-state index contributed by atoms with van der Waals surface area (Å²) in [5.41, 5.74) is 1.37. The number of amides is 2. The maximum absolute atomic E-state index is 13.4. The molecule has 0 fully saturated rings. The summed E-state index contributed by atoms with van der Waals surface area (Å²) < 4.78 is 13.4. The number of benzene rings is 2. The molecule has 2 N–H and O–H groups in total. The Labute approximate surface area is 141 Å². The van der Waals surface area contributed by atoms with Crippen LogP contribution in [0.2, 0.25) is 0 Å². The number of anilines is 1. The molecular weight excluding hydrogens is 305 g/mol. The number of hydrogen-bond acceptors (Lipinski definition) is 2. The third-order valence-corrected chi connectivity index (χ3v) is 3.23. The molecule has 2 amide bonds. The zero-order valence-electron chi connectivity index (χ0n) is 13.6. The Bertz CT molecular complexity index is 722. The van der Waals surface area contributed by atoms with Crippen LogP contribution in [0.5, 0.6) is 0 Å². The first kappa shape index (κ1) is 17.5. The van der Waals surface area contributed by atoms with Crippen LogP contribution in [-0.4, -0.2) is 31.1 Å². The van der Waals surface area contributed by atoms with E-state index in [1.54, 1.807) is 12.1 Å². The monoisotopic (exact) mass is 325 g/mol. The summed E-state index contributed by atoms with van der Waals surface area (Å²) in [6.45, 7) is 1.63. The molecule has 0 aliphatic heterocycles. The maximum atomic E-state index is 13.4. The summed E-state index contributed by atoms with van der Waals surface area (Å²) in [6, 6.07) is 15.7. The van der Waals surface area contributed by atoms with E-state index in [1.165, 1.54) is 17.7 Å². The van der Waals surface area contributed by atoms with Gasteiger partial charge in [-0.3, -0.25) is 4.90 Å². The van der Waals surface area contributed by atoms with Gasteiger partial charge in [0.2, 0.25) is 0 Å². The highest BCUT2D eigenvalue weighted by molar-refractivity contribution is 5.89. The quantitative estimate of drug-likeness (QED) is 0.830. The molecule has 0 unspecified atom stereocenters. The molecule has 2 aromatic rings. The molecule has 0 radical (unpaired) electrons. The van der Waals surface area contributed by atoms with Gasteiger partial charge in [-0.1, -0.05) is 54.3 Å². The van der Waals surface area contributed by atoms with Gasteiger partial charge < -0.3 is 10.6 Å². The number of para-hydroxylation sites is 1. The van der Waals surface area contributed by atoms with Crippen LogP contribution in [0, 0.1) is 17.7 Å². The Balaban J connectivity index is 1.68. The zero-order valence-corrected chi connectivity index (χ0v) is 13.6. The molecule has 0 saturated heterocycles. The van der Waals surface area contributed by atoms with Gasteiger partial charge in [0.15, 0.2) is 0 Å². The fourth-order valence-electron chi connectivity index (χ4n) is 2.06. The van der Waals surface area contributed by atoms with Crippen LogP contribution in [0.4, 0.5) is 14.9 Å². The smallest absolute Gasteiger partial charge is 0.320 e. The number of halogens is 1. The Morgan fingerprint density at radius 3 is 2.54 bits per heavy atom. The van der Waals surface area contributed by atoms with Crippen LogP contribution in [0.1, 0.15) is 5.56 Å². The zero-order chi connectivity index (χ0) is 17.2. The van der Waals surface area contributed by atoms with Crippen LogP contribution < -0.4 is 10.6 Å². The second kappa shape index (κ2) is 9.33. The average Bonchev–Trinajstić information content (AvgIpc) is 2.57. The average molecular weight is 325 g/mol. The van der Waals surface area contributed by atoms with E-state index < -0.39 is 11.8 Å². The minimum atomic E-state index is -0.480. The first-order chi connectivity index (χ1) is 11.6. The summed E-state index contributed by atoms with van der Waals surface area (Å²) in [6.07, 6.45) is 0. The molecule has 0 saturated carbocycles. The third-order valence-electron chi connectivity index (χ3n) is 3.23. The number of carbonyl (C=O) groups excluding carboxylic acids is 1. The first-order valence-electron chi connectivity index (χ1n) is 7.63. The fourth-order valence-corrected chi connectivity index (χ4v) is 2.06. The number of carbonyl (C=O) groups is 1. The molecule has 0 aliphatic rings. The van der Waals surface area contributed by atoms with Crippen molar-refractivity contribution >= 4 is 11.7 Å². The lowest BCUT2D eigenvalue weighted by Crippen LogP contribution is -2.29. The molecule has 0 aliphatic carbocycles. The van der Waals surface area contributed by atoms with Crippen LogP contribution in [-0.2, 0) is 6.54 Å². The fraction of sp³-hybridized carbons (Fsp3) is 0.211. The standard InChI is InChI=1S/C19H20FN3O/c1-23(15-16-9-3-2-4-10-16)14-8-7-13-21-19(24)22-18-12-6-5-11-17(18)20/h2-6,9-12H,13-15H2,1H3,(H2,21,22,24). The molecule has 0 heterocycles. The first-order valence-corrected chi connectivity index (χ1v) is 7.63. The summed E-state index contributed by atoms with van der Waals surface area (Å²) in [5, 5.41) is 5.01. The van der Waals surface area contributed by atoms with E-state index in [4.69, 9.17) is 0 Å². The highest BCUT2D eigenvalue weighted by Gasteiger charge is 2.04. The SMILES string of the molecule is CN(CC#CCNC(=O)Nc1ccccc1F)Cc1ccccc1. The van der Waals surface area contributed by atoms with Crippen LogP contribution in [0.25, 0.3) is 0 Å². The predicted molar refractivity (Wildman–Crippen MR) is 94.0 cm³/mol. The topological polar surface area (TPSA) is 44.4 Å². The van der Waals surface area contributed by atoms with Crippen molar-refractivity contribution in [2.24, 2.45) is 0 Å². The molecule has 2 rings (SSSR count). The molecule has 0 bridgehead atoms. The summed E-state index contributed by atoms with van der Waals surface area (Å²) in [4.78, 5) is 13.7. The van der Waals surface area contributed by atoms with E-state index in [0.29, 0.717) is 6.54 Å². The number of nitrogens with zero attached hydrogens (tertiary/aromatic N) is 1.